The van der Waals surface area contributed by atoms with Gasteiger partial charge in [0.15, 0.2) is 0 Å². The quantitative estimate of drug-likeness (QED) is 0.474. The molecule has 2 unspecified atom stereocenters. The number of carbonyl (C=O) groups excluding carboxylic acids is 2. The van der Waals surface area contributed by atoms with Crippen molar-refractivity contribution >= 4 is 31.1 Å². The van der Waals surface area contributed by atoms with Gasteiger partial charge in [0.05, 0.1) is 0 Å². The molecule has 0 bridgehead atoms. The number of Topliss-reactive ketones (excluding diaryl/α,β-unsaturated/α-hetero) is 1. The summed E-state index contributed by atoms with van der Waals surface area (Å²) in [6.07, 6.45) is 3.18. The van der Waals surface area contributed by atoms with E-state index in [1.807, 2.05) is 6.07 Å². The van der Waals surface area contributed by atoms with E-state index in [2.05, 4.69) is 31.2 Å². The Morgan fingerprint density at radius 1 is 1.29 bits per heavy atom. The van der Waals surface area contributed by atoms with Crippen molar-refractivity contribution < 1.29 is 9.59 Å². The van der Waals surface area contributed by atoms with Crippen LogP contribution < -0.4 is 4.46 Å². The van der Waals surface area contributed by atoms with Crippen LogP contribution in [0, 0.1) is 5.92 Å². The normalized spacial score (nSPS) is 26.2. The van der Waals surface area contributed by atoms with Crippen molar-refractivity contribution in [3.8, 4) is 0 Å². The summed E-state index contributed by atoms with van der Waals surface area (Å²) in [5.74, 6) is -0.351. The fourth-order valence-corrected chi connectivity index (χ4v) is 5.71. The Balaban J connectivity index is 2.19. The molecule has 0 saturated heterocycles. The first kappa shape index (κ1) is 16.3. The third-order valence-electron chi connectivity index (χ3n) is 4.00. The molecule has 114 valence electrons. The zero-order chi connectivity index (χ0) is 15.5. The van der Waals surface area contributed by atoms with Crippen LogP contribution in [-0.4, -0.2) is 45.6 Å². The van der Waals surface area contributed by atoms with Crippen LogP contribution in [0.3, 0.4) is 0 Å². The molecule has 1 aromatic rings. The molecule has 0 aromatic heterocycles. The van der Waals surface area contributed by atoms with E-state index in [0.29, 0.717) is 12.8 Å². The van der Waals surface area contributed by atoms with Crippen LogP contribution in [0.15, 0.2) is 30.3 Å². The van der Waals surface area contributed by atoms with Gasteiger partial charge in [-0.3, -0.25) is 0 Å². The fraction of sp³-hybridized carbons (Fsp3) is 0.529. The minimum absolute atomic E-state index is 0.0306. The molecule has 1 fully saturated rings. The number of hydrogen-bond acceptors (Lipinski definition) is 2. The number of amides is 1. The molecule has 0 spiro atoms. The maximum absolute atomic E-state index is 12.3. The summed E-state index contributed by atoms with van der Waals surface area (Å²) in [7, 11) is 3.47. The van der Waals surface area contributed by atoms with Gasteiger partial charge in [-0.25, -0.2) is 0 Å². The predicted octanol–water partition coefficient (Wildman–Crippen LogP) is 2.04. The van der Waals surface area contributed by atoms with Gasteiger partial charge in [0.1, 0.15) is 0 Å². The number of rotatable bonds is 3. The number of benzene rings is 1. The first-order chi connectivity index (χ1) is 9.91. The van der Waals surface area contributed by atoms with Gasteiger partial charge in [-0.2, -0.15) is 0 Å². The van der Waals surface area contributed by atoms with Crippen molar-refractivity contribution in [3.63, 3.8) is 0 Å². The van der Waals surface area contributed by atoms with E-state index in [0.717, 1.165) is 12.8 Å². The van der Waals surface area contributed by atoms with Crippen LogP contribution in [-0.2, 0) is 9.59 Å². The molecule has 4 heteroatoms. The van der Waals surface area contributed by atoms with Gasteiger partial charge in [0.25, 0.3) is 0 Å². The molecule has 0 N–H and O–H groups in total. The van der Waals surface area contributed by atoms with E-state index in [1.165, 1.54) is 4.46 Å². The first-order valence-electron chi connectivity index (χ1n) is 7.39. The Hall–Kier alpha value is -1.12. The second kappa shape index (κ2) is 6.76. The van der Waals surface area contributed by atoms with Crippen LogP contribution in [0.5, 0.6) is 0 Å². The molecule has 2 rings (SSSR count). The number of hydrogen-bond donors (Lipinski definition) is 0. The van der Waals surface area contributed by atoms with Gasteiger partial charge < -0.3 is 0 Å². The number of nitrogens with zero attached hydrogens (tertiary/aromatic N) is 1. The molecular weight excluding hydrogens is 329 g/mol. The molecule has 1 aromatic carbocycles. The van der Waals surface area contributed by atoms with Crippen molar-refractivity contribution in [1.29, 1.82) is 0 Å². The molecule has 3 nitrogen and oxygen atoms in total. The van der Waals surface area contributed by atoms with E-state index < -0.39 is 5.92 Å². The molecule has 2 atom stereocenters. The number of ketones is 1. The summed E-state index contributed by atoms with van der Waals surface area (Å²) in [5, 5.41) is 0. The molecule has 1 aliphatic rings. The molecule has 21 heavy (non-hydrogen) atoms. The van der Waals surface area contributed by atoms with E-state index >= 15 is 0 Å². The Bertz CT molecular complexity index is 515. The predicted molar refractivity (Wildman–Crippen MR) is 85.9 cm³/mol. The van der Waals surface area contributed by atoms with Crippen molar-refractivity contribution in [1.82, 2.24) is 4.90 Å². The summed E-state index contributed by atoms with van der Waals surface area (Å²) >= 11 is 0.281. The van der Waals surface area contributed by atoms with Gasteiger partial charge in [0.2, 0.25) is 0 Å². The van der Waals surface area contributed by atoms with Crippen molar-refractivity contribution in [2.45, 2.75) is 36.9 Å². The third kappa shape index (κ3) is 4.18. The van der Waals surface area contributed by atoms with Gasteiger partial charge >= 0.3 is 133 Å². The molecular formula is C17H23NO2Se. The van der Waals surface area contributed by atoms with E-state index in [1.54, 1.807) is 19.0 Å². The molecule has 0 radical (unpaired) electrons. The second-order valence-electron chi connectivity index (χ2n) is 6.17. The summed E-state index contributed by atoms with van der Waals surface area (Å²) in [5.41, 5.74) is 0. The van der Waals surface area contributed by atoms with Crippen molar-refractivity contribution in [2.24, 2.45) is 5.92 Å². The second-order valence-corrected chi connectivity index (χ2v) is 9.66. The van der Waals surface area contributed by atoms with Crippen LogP contribution in [0.1, 0.15) is 32.6 Å². The van der Waals surface area contributed by atoms with Crippen molar-refractivity contribution in [2.75, 3.05) is 14.1 Å². The monoisotopic (exact) mass is 353 g/mol. The fourth-order valence-electron chi connectivity index (χ4n) is 2.86. The van der Waals surface area contributed by atoms with E-state index in [4.69, 9.17) is 0 Å². The Morgan fingerprint density at radius 2 is 1.95 bits per heavy atom. The summed E-state index contributed by atoms with van der Waals surface area (Å²) < 4.78 is 1.43. The Kier molecular flexibility index (Phi) is 5.23. The minimum atomic E-state index is -0.446. The Morgan fingerprint density at radius 3 is 2.57 bits per heavy atom. The van der Waals surface area contributed by atoms with E-state index in [9.17, 15) is 9.59 Å². The third-order valence-corrected chi connectivity index (χ3v) is 6.88. The van der Waals surface area contributed by atoms with Gasteiger partial charge in [-0.05, 0) is 0 Å². The SMILES string of the molecule is CN(C)C(=O)C1CC(C)([Se]c2ccccc2)CCCC1=O. The molecule has 1 amide bonds. The number of carbonyl (C=O) groups is 2. The molecule has 0 heterocycles. The van der Waals surface area contributed by atoms with Gasteiger partial charge in [0, 0.05) is 0 Å². The molecule has 0 aliphatic heterocycles. The van der Waals surface area contributed by atoms with Gasteiger partial charge in [-0.15, -0.1) is 0 Å². The molecule has 1 aliphatic carbocycles. The summed E-state index contributed by atoms with van der Waals surface area (Å²) in [4.78, 5) is 26.1. The summed E-state index contributed by atoms with van der Waals surface area (Å²) in [6, 6.07) is 10.5. The van der Waals surface area contributed by atoms with Crippen LogP contribution in [0.4, 0.5) is 0 Å². The standard InChI is InChI=1S/C17H23NO2Se/c1-17(21-13-8-5-4-6-9-13)11-7-10-15(19)14(12-17)16(20)18(2)3/h4-6,8-9,14H,7,10-12H2,1-3H3. The maximum atomic E-state index is 12.3. The first-order valence-corrected chi connectivity index (χ1v) is 9.10. The topological polar surface area (TPSA) is 37.4 Å². The van der Waals surface area contributed by atoms with Crippen LogP contribution >= 0.6 is 0 Å². The van der Waals surface area contributed by atoms with Crippen LogP contribution in [0.2, 0.25) is 4.31 Å². The van der Waals surface area contributed by atoms with Gasteiger partial charge in [-0.1, -0.05) is 0 Å². The Labute approximate surface area is 133 Å². The van der Waals surface area contributed by atoms with E-state index in [-0.39, 0.29) is 31.0 Å². The zero-order valence-corrected chi connectivity index (χ0v) is 14.7. The van der Waals surface area contributed by atoms with Crippen LogP contribution in [0.25, 0.3) is 0 Å². The molecule has 1 saturated carbocycles. The zero-order valence-electron chi connectivity index (χ0n) is 13.0. The summed E-state index contributed by atoms with van der Waals surface area (Å²) in [6.45, 7) is 2.24. The average molecular weight is 352 g/mol. The van der Waals surface area contributed by atoms with Crippen molar-refractivity contribution in [3.05, 3.63) is 30.3 Å². The average Bonchev–Trinajstić information content (AvgIpc) is 2.58.